The van der Waals surface area contributed by atoms with Gasteiger partial charge in [0.05, 0.1) is 4.90 Å². The Hall–Kier alpha value is -1.60. The van der Waals surface area contributed by atoms with Gasteiger partial charge in [0, 0.05) is 19.0 Å². The van der Waals surface area contributed by atoms with E-state index in [1.165, 1.54) is 4.31 Å². The van der Waals surface area contributed by atoms with Crippen LogP contribution in [0.3, 0.4) is 0 Å². The summed E-state index contributed by atoms with van der Waals surface area (Å²) in [7, 11) is -3.59. The Balaban J connectivity index is 3.14. The summed E-state index contributed by atoms with van der Waals surface area (Å²) >= 11 is 0. The smallest absolute Gasteiger partial charge is 0.243 e. The van der Waals surface area contributed by atoms with Crippen LogP contribution in [0.1, 0.15) is 25.0 Å². The summed E-state index contributed by atoms with van der Waals surface area (Å²) in [5.74, 6) is -0.347. The van der Waals surface area contributed by atoms with Crippen molar-refractivity contribution in [1.29, 1.82) is 0 Å². The van der Waals surface area contributed by atoms with E-state index in [1.807, 2.05) is 13.0 Å². The Morgan fingerprint density at radius 2 is 2.05 bits per heavy atom. The molecule has 1 rings (SSSR count). The normalized spacial score (nSPS) is 14.4. The third kappa shape index (κ3) is 3.95. The second-order valence-electron chi connectivity index (χ2n) is 5.15. The van der Waals surface area contributed by atoms with Crippen LogP contribution in [-0.4, -0.2) is 36.9 Å². The van der Waals surface area contributed by atoms with Crippen molar-refractivity contribution >= 4 is 15.9 Å². The highest BCUT2D eigenvalue weighted by molar-refractivity contribution is 7.89. The molecule has 7 heteroatoms. The third-order valence-corrected chi connectivity index (χ3v) is 5.50. The van der Waals surface area contributed by atoms with Gasteiger partial charge < -0.3 is 10.9 Å². The molecule has 1 aromatic rings. The SMILES string of the molecule is CCN(CC(C)C(N)=NO)S(=O)(=O)c1ccc(C)cc1C. The van der Waals surface area contributed by atoms with Gasteiger partial charge in [0.2, 0.25) is 10.0 Å². The molecule has 0 aromatic heterocycles. The van der Waals surface area contributed by atoms with Crippen molar-refractivity contribution in [3.8, 4) is 0 Å². The van der Waals surface area contributed by atoms with Crippen LogP contribution < -0.4 is 5.73 Å². The third-order valence-electron chi connectivity index (χ3n) is 3.40. The number of hydrogen-bond donors (Lipinski definition) is 2. The monoisotopic (exact) mass is 313 g/mol. The van der Waals surface area contributed by atoms with Crippen molar-refractivity contribution in [3.05, 3.63) is 29.3 Å². The molecule has 6 nitrogen and oxygen atoms in total. The number of aryl methyl sites for hydroxylation is 2. The van der Waals surface area contributed by atoms with E-state index in [-0.39, 0.29) is 18.3 Å². The number of nitrogens with zero attached hydrogens (tertiary/aromatic N) is 2. The molecule has 0 heterocycles. The van der Waals surface area contributed by atoms with Gasteiger partial charge in [-0.1, -0.05) is 36.7 Å². The van der Waals surface area contributed by atoms with Crippen LogP contribution in [0, 0.1) is 19.8 Å². The molecule has 0 bridgehead atoms. The fourth-order valence-corrected chi connectivity index (χ4v) is 3.87. The summed E-state index contributed by atoms with van der Waals surface area (Å²) in [6, 6.07) is 5.24. The Morgan fingerprint density at radius 3 is 2.52 bits per heavy atom. The zero-order chi connectivity index (χ0) is 16.2. The van der Waals surface area contributed by atoms with Gasteiger partial charge in [-0.05, 0) is 25.5 Å². The van der Waals surface area contributed by atoms with Crippen molar-refractivity contribution in [2.45, 2.75) is 32.6 Å². The molecule has 0 aliphatic rings. The lowest BCUT2D eigenvalue weighted by atomic mass is 10.1. The average molecular weight is 313 g/mol. The lowest BCUT2D eigenvalue weighted by Gasteiger charge is -2.24. The van der Waals surface area contributed by atoms with Crippen LogP contribution in [0.15, 0.2) is 28.3 Å². The number of benzene rings is 1. The van der Waals surface area contributed by atoms with Gasteiger partial charge >= 0.3 is 0 Å². The topological polar surface area (TPSA) is 96.0 Å². The molecule has 0 aliphatic carbocycles. The number of nitrogens with two attached hydrogens (primary N) is 1. The maximum Gasteiger partial charge on any atom is 0.243 e. The predicted octanol–water partition coefficient (Wildman–Crippen LogP) is 1.70. The molecule has 0 spiro atoms. The Labute approximate surface area is 126 Å². The van der Waals surface area contributed by atoms with Crippen molar-refractivity contribution in [3.63, 3.8) is 0 Å². The minimum Gasteiger partial charge on any atom is -0.409 e. The molecule has 118 valence electrons. The first-order valence-electron chi connectivity index (χ1n) is 6.78. The summed E-state index contributed by atoms with van der Waals surface area (Å²) in [5.41, 5.74) is 7.26. The molecule has 3 N–H and O–H groups in total. The molecular formula is C14H23N3O3S. The number of rotatable bonds is 6. The summed E-state index contributed by atoms with van der Waals surface area (Å²) in [4.78, 5) is 0.293. The molecule has 21 heavy (non-hydrogen) atoms. The highest BCUT2D eigenvalue weighted by Gasteiger charge is 2.27. The zero-order valence-corrected chi connectivity index (χ0v) is 13.7. The first-order valence-corrected chi connectivity index (χ1v) is 8.22. The minimum atomic E-state index is -3.59. The van der Waals surface area contributed by atoms with Gasteiger partial charge in [-0.3, -0.25) is 0 Å². The first kappa shape index (κ1) is 17.5. The highest BCUT2D eigenvalue weighted by atomic mass is 32.2. The fourth-order valence-electron chi connectivity index (χ4n) is 2.12. The summed E-state index contributed by atoms with van der Waals surface area (Å²) < 4.78 is 26.8. The fraction of sp³-hybridized carbons (Fsp3) is 0.500. The van der Waals surface area contributed by atoms with E-state index < -0.39 is 10.0 Å². The van der Waals surface area contributed by atoms with Crippen molar-refractivity contribution in [1.82, 2.24) is 4.31 Å². The van der Waals surface area contributed by atoms with Gasteiger partial charge in [0.15, 0.2) is 0 Å². The minimum absolute atomic E-state index is 0.0179. The Morgan fingerprint density at radius 1 is 1.43 bits per heavy atom. The molecule has 1 atom stereocenters. The van der Waals surface area contributed by atoms with Crippen molar-refractivity contribution in [2.24, 2.45) is 16.8 Å². The standard InChI is InChI=1S/C14H23N3O3S/c1-5-17(9-12(4)14(15)16-18)21(19,20)13-7-6-10(2)8-11(13)3/h6-8,12,18H,5,9H2,1-4H3,(H2,15,16). The van der Waals surface area contributed by atoms with Crippen LogP contribution in [0.2, 0.25) is 0 Å². The zero-order valence-electron chi connectivity index (χ0n) is 12.9. The number of sulfonamides is 1. The molecule has 0 radical (unpaired) electrons. The van der Waals surface area contributed by atoms with Crippen molar-refractivity contribution < 1.29 is 13.6 Å². The number of oxime groups is 1. The predicted molar refractivity (Wildman–Crippen MR) is 82.9 cm³/mol. The van der Waals surface area contributed by atoms with Crippen LogP contribution in [0.5, 0.6) is 0 Å². The van der Waals surface area contributed by atoms with E-state index in [9.17, 15) is 8.42 Å². The van der Waals surface area contributed by atoms with E-state index >= 15 is 0 Å². The Kier molecular flexibility index (Phi) is 5.74. The van der Waals surface area contributed by atoms with Gasteiger partial charge in [0.1, 0.15) is 5.84 Å². The maximum absolute atomic E-state index is 12.7. The highest BCUT2D eigenvalue weighted by Crippen LogP contribution is 2.21. The van der Waals surface area contributed by atoms with E-state index in [1.54, 1.807) is 32.9 Å². The lowest BCUT2D eigenvalue weighted by Crippen LogP contribution is -2.39. The van der Waals surface area contributed by atoms with E-state index in [4.69, 9.17) is 10.9 Å². The second-order valence-corrected chi connectivity index (χ2v) is 7.06. The summed E-state index contributed by atoms with van der Waals surface area (Å²) in [5, 5.41) is 11.6. The Bertz CT molecular complexity index is 626. The summed E-state index contributed by atoms with van der Waals surface area (Å²) in [6.07, 6.45) is 0. The molecule has 0 saturated carbocycles. The average Bonchev–Trinajstić information content (AvgIpc) is 2.42. The van der Waals surface area contributed by atoms with Gasteiger partial charge in [-0.15, -0.1) is 0 Å². The molecule has 1 aromatic carbocycles. The maximum atomic E-state index is 12.7. The van der Waals surface area contributed by atoms with Crippen LogP contribution in [0.25, 0.3) is 0 Å². The molecule has 0 saturated heterocycles. The molecule has 0 fully saturated rings. The quantitative estimate of drug-likeness (QED) is 0.361. The largest absolute Gasteiger partial charge is 0.409 e. The van der Waals surface area contributed by atoms with Gasteiger partial charge in [-0.25, -0.2) is 8.42 Å². The van der Waals surface area contributed by atoms with E-state index in [0.29, 0.717) is 17.0 Å². The van der Waals surface area contributed by atoms with Gasteiger partial charge in [0.25, 0.3) is 0 Å². The van der Waals surface area contributed by atoms with E-state index in [2.05, 4.69) is 5.16 Å². The molecular weight excluding hydrogens is 290 g/mol. The van der Waals surface area contributed by atoms with Crippen LogP contribution in [-0.2, 0) is 10.0 Å². The van der Waals surface area contributed by atoms with Crippen molar-refractivity contribution in [2.75, 3.05) is 13.1 Å². The number of hydrogen-bond acceptors (Lipinski definition) is 4. The molecule has 1 unspecified atom stereocenters. The second kappa shape index (κ2) is 6.91. The molecule has 0 aliphatic heterocycles. The van der Waals surface area contributed by atoms with Crippen LogP contribution in [0.4, 0.5) is 0 Å². The van der Waals surface area contributed by atoms with E-state index in [0.717, 1.165) is 5.56 Å². The van der Waals surface area contributed by atoms with Gasteiger partial charge in [-0.2, -0.15) is 4.31 Å². The summed E-state index contributed by atoms with van der Waals surface area (Å²) in [6.45, 7) is 7.66. The number of amidine groups is 1. The molecule has 0 amide bonds. The first-order chi connectivity index (χ1) is 9.73. The van der Waals surface area contributed by atoms with Crippen LogP contribution >= 0.6 is 0 Å². The lowest BCUT2D eigenvalue weighted by molar-refractivity contribution is 0.311.